The Balaban J connectivity index is 2.75. The molecule has 0 spiro atoms. The van der Waals surface area contributed by atoms with Crippen LogP contribution in [-0.2, 0) is 9.53 Å². The second kappa shape index (κ2) is 7.86. The number of ether oxygens (including phenoxy) is 1. The Bertz CT molecular complexity index is 436. The molecule has 1 amide bonds. The summed E-state index contributed by atoms with van der Waals surface area (Å²) in [5, 5.41) is 11.8. The highest BCUT2D eigenvalue weighted by atomic mass is 35.5. The summed E-state index contributed by atoms with van der Waals surface area (Å²) in [5.74, 6) is -0.938. The van der Waals surface area contributed by atoms with E-state index in [2.05, 4.69) is 10.1 Å². The summed E-state index contributed by atoms with van der Waals surface area (Å²) in [5.41, 5.74) is 0.747. The Labute approximate surface area is 120 Å². The van der Waals surface area contributed by atoms with Crippen LogP contribution in [0, 0.1) is 0 Å². The minimum atomic E-state index is -0.938. The molecule has 0 aliphatic rings. The summed E-state index contributed by atoms with van der Waals surface area (Å²) in [6.45, 7) is 0. The third-order valence-corrected chi connectivity index (χ3v) is 2.76. The number of carboxylic acid groups (broad SMARTS) is 1. The number of rotatable bonds is 6. The van der Waals surface area contributed by atoms with E-state index < -0.39 is 18.1 Å². The summed E-state index contributed by atoms with van der Waals surface area (Å²) < 4.78 is 4.57. The van der Waals surface area contributed by atoms with Gasteiger partial charge >= 0.3 is 12.1 Å². The van der Waals surface area contributed by atoms with Crippen molar-refractivity contribution in [2.45, 2.75) is 18.9 Å². The first-order valence-corrected chi connectivity index (χ1v) is 6.40. The van der Waals surface area contributed by atoms with Crippen LogP contribution in [0.25, 0.3) is 0 Å². The van der Waals surface area contributed by atoms with Crippen LogP contribution in [0.2, 0.25) is 5.02 Å². The van der Waals surface area contributed by atoms with Gasteiger partial charge in [0.2, 0.25) is 0 Å². The van der Waals surface area contributed by atoms with Gasteiger partial charge in [0.15, 0.2) is 6.07 Å². The Morgan fingerprint density at radius 3 is 2.47 bits per heavy atom. The molecule has 0 aromatic heterocycles. The number of halogens is 2. The first-order chi connectivity index (χ1) is 9.02. The number of benzene rings is 1. The van der Waals surface area contributed by atoms with Crippen LogP contribution in [0.4, 0.5) is 4.79 Å². The number of hydrogen-bond acceptors (Lipinski definition) is 3. The number of carboxylic acids is 1. The van der Waals surface area contributed by atoms with E-state index in [4.69, 9.17) is 28.3 Å². The minimum absolute atomic E-state index is 0.0750. The Morgan fingerprint density at radius 1 is 1.32 bits per heavy atom. The molecule has 0 saturated heterocycles. The largest absolute Gasteiger partial charge is 0.481 e. The van der Waals surface area contributed by atoms with E-state index in [0.717, 1.165) is 5.56 Å². The predicted molar refractivity (Wildman–Crippen MR) is 71.4 cm³/mol. The average Bonchev–Trinajstić information content (AvgIpc) is 2.35. The second-order valence-electron chi connectivity index (χ2n) is 3.72. The molecule has 5 nitrogen and oxygen atoms in total. The van der Waals surface area contributed by atoms with Gasteiger partial charge in [0.05, 0.1) is 6.04 Å². The molecule has 0 radical (unpaired) electrons. The molecule has 7 heteroatoms. The van der Waals surface area contributed by atoms with E-state index in [-0.39, 0.29) is 18.9 Å². The highest BCUT2D eigenvalue weighted by Gasteiger charge is 2.16. The van der Waals surface area contributed by atoms with E-state index >= 15 is 0 Å². The SMILES string of the molecule is O=C(O)CCC(NC(=O)OCCl)c1ccc(Cl)cc1. The lowest BCUT2D eigenvalue weighted by Gasteiger charge is -2.18. The van der Waals surface area contributed by atoms with Crippen molar-refractivity contribution in [1.29, 1.82) is 0 Å². The van der Waals surface area contributed by atoms with Crippen molar-refractivity contribution in [3.63, 3.8) is 0 Å². The molecule has 104 valence electrons. The van der Waals surface area contributed by atoms with E-state index in [1.54, 1.807) is 24.3 Å². The maximum Gasteiger partial charge on any atom is 0.408 e. The highest BCUT2D eigenvalue weighted by molar-refractivity contribution is 6.30. The monoisotopic (exact) mass is 305 g/mol. The molecule has 1 rings (SSSR count). The van der Waals surface area contributed by atoms with Crippen molar-refractivity contribution >= 4 is 35.3 Å². The quantitative estimate of drug-likeness (QED) is 0.792. The second-order valence-corrected chi connectivity index (χ2v) is 4.38. The van der Waals surface area contributed by atoms with Gasteiger partial charge in [0.25, 0.3) is 0 Å². The molecular formula is C12H13Cl2NO4. The summed E-state index contributed by atoms with van der Waals surface area (Å²) in [4.78, 5) is 22.0. The zero-order valence-electron chi connectivity index (χ0n) is 9.94. The third kappa shape index (κ3) is 5.81. The topological polar surface area (TPSA) is 75.6 Å². The summed E-state index contributed by atoms with van der Waals surface area (Å²) >= 11 is 11.1. The number of hydrogen-bond donors (Lipinski definition) is 2. The van der Waals surface area contributed by atoms with Gasteiger partial charge in [-0.2, -0.15) is 0 Å². The molecule has 0 saturated carbocycles. The van der Waals surface area contributed by atoms with Gasteiger partial charge in [-0.25, -0.2) is 4.79 Å². The van der Waals surface area contributed by atoms with Crippen LogP contribution in [0.3, 0.4) is 0 Å². The van der Waals surface area contributed by atoms with Crippen LogP contribution >= 0.6 is 23.2 Å². The predicted octanol–water partition coefficient (Wildman–Crippen LogP) is 3.17. The minimum Gasteiger partial charge on any atom is -0.481 e. The highest BCUT2D eigenvalue weighted by Crippen LogP contribution is 2.21. The standard InChI is InChI=1S/C12H13Cl2NO4/c13-7-19-12(18)15-10(5-6-11(16)17)8-1-3-9(14)4-2-8/h1-4,10H,5-7H2,(H,15,18)(H,16,17). The number of carbonyl (C=O) groups excluding carboxylic acids is 1. The molecular weight excluding hydrogens is 293 g/mol. The fourth-order valence-corrected chi connectivity index (χ4v) is 1.74. The summed E-state index contributed by atoms with van der Waals surface area (Å²) in [6.07, 6.45) is -0.525. The van der Waals surface area contributed by atoms with Crippen LogP contribution in [0.5, 0.6) is 0 Å². The molecule has 2 N–H and O–H groups in total. The lowest BCUT2D eigenvalue weighted by atomic mass is 10.0. The fraction of sp³-hybridized carbons (Fsp3) is 0.333. The third-order valence-electron chi connectivity index (χ3n) is 2.40. The molecule has 0 heterocycles. The number of aliphatic carboxylic acids is 1. The van der Waals surface area contributed by atoms with Crippen molar-refractivity contribution < 1.29 is 19.4 Å². The van der Waals surface area contributed by atoms with Gasteiger partial charge in [-0.05, 0) is 24.1 Å². The average molecular weight is 306 g/mol. The molecule has 0 bridgehead atoms. The van der Waals surface area contributed by atoms with Crippen molar-refractivity contribution in [2.24, 2.45) is 0 Å². The zero-order chi connectivity index (χ0) is 14.3. The summed E-state index contributed by atoms with van der Waals surface area (Å²) in [7, 11) is 0. The van der Waals surface area contributed by atoms with E-state index in [1.165, 1.54) is 0 Å². The van der Waals surface area contributed by atoms with Crippen LogP contribution in [0.1, 0.15) is 24.4 Å². The van der Waals surface area contributed by atoms with Gasteiger partial charge in [-0.1, -0.05) is 35.3 Å². The normalized spacial score (nSPS) is 11.7. The zero-order valence-corrected chi connectivity index (χ0v) is 11.4. The number of nitrogens with one attached hydrogen (secondary N) is 1. The Kier molecular flexibility index (Phi) is 6.45. The van der Waals surface area contributed by atoms with Gasteiger partial charge in [0.1, 0.15) is 0 Å². The first kappa shape index (κ1) is 15.6. The number of carbonyl (C=O) groups is 2. The van der Waals surface area contributed by atoms with Crippen molar-refractivity contribution in [3.8, 4) is 0 Å². The van der Waals surface area contributed by atoms with Crippen molar-refractivity contribution in [2.75, 3.05) is 6.07 Å². The number of alkyl carbamates (subject to hydrolysis) is 1. The van der Waals surface area contributed by atoms with E-state index in [0.29, 0.717) is 5.02 Å². The van der Waals surface area contributed by atoms with E-state index in [9.17, 15) is 9.59 Å². The Hall–Kier alpha value is -1.46. The maximum atomic E-state index is 11.3. The molecule has 1 aromatic carbocycles. The molecule has 0 aliphatic heterocycles. The molecule has 1 aromatic rings. The number of alkyl halides is 1. The van der Waals surface area contributed by atoms with Gasteiger partial charge in [-0.15, -0.1) is 0 Å². The molecule has 1 atom stereocenters. The number of amides is 1. The lowest BCUT2D eigenvalue weighted by molar-refractivity contribution is -0.137. The van der Waals surface area contributed by atoms with Crippen LogP contribution in [0.15, 0.2) is 24.3 Å². The molecule has 1 unspecified atom stereocenters. The first-order valence-electron chi connectivity index (χ1n) is 5.49. The van der Waals surface area contributed by atoms with Crippen molar-refractivity contribution in [1.82, 2.24) is 5.32 Å². The van der Waals surface area contributed by atoms with Gasteiger partial charge in [0, 0.05) is 11.4 Å². The molecule has 0 fully saturated rings. The van der Waals surface area contributed by atoms with Crippen LogP contribution in [-0.4, -0.2) is 23.2 Å². The van der Waals surface area contributed by atoms with E-state index in [1.807, 2.05) is 0 Å². The smallest absolute Gasteiger partial charge is 0.408 e. The summed E-state index contributed by atoms with van der Waals surface area (Å²) in [6, 6.07) is 6.03. The lowest BCUT2D eigenvalue weighted by Crippen LogP contribution is -2.29. The van der Waals surface area contributed by atoms with Crippen LogP contribution < -0.4 is 5.32 Å². The molecule has 0 aliphatic carbocycles. The fourth-order valence-electron chi connectivity index (χ4n) is 1.52. The van der Waals surface area contributed by atoms with Crippen molar-refractivity contribution in [3.05, 3.63) is 34.9 Å². The van der Waals surface area contributed by atoms with Gasteiger partial charge in [-0.3, -0.25) is 4.79 Å². The Morgan fingerprint density at radius 2 is 1.95 bits per heavy atom. The molecule has 19 heavy (non-hydrogen) atoms. The maximum absolute atomic E-state index is 11.3. The van der Waals surface area contributed by atoms with Gasteiger partial charge < -0.3 is 15.2 Å².